The van der Waals surface area contributed by atoms with Crippen LogP contribution in [0, 0.1) is 17.2 Å². The minimum absolute atomic E-state index is 0.103. The number of nitrogens with zero attached hydrogens (tertiary/aromatic N) is 2. The summed E-state index contributed by atoms with van der Waals surface area (Å²) in [5.41, 5.74) is 0.103. The molecule has 2 N–H and O–H groups in total. The lowest BCUT2D eigenvalue weighted by Crippen LogP contribution is -2.40. The fourth-order valence-corrected chi connectivity index (χ4v) is 2.50. The molecule has 0 spiro atoms. The predicted molar refractivity (Wildman–Crippen MR) is 65.5 cm³/mol. The van der Waals surface area contributed by atoms with E-state index in [0.717, 1.165) is 6.20 Å². The van der Waals surface area contributed by atoms with E-state index in [9.17, 15) is 13.2 Å². The highest BCUT2D eigenvalue weighted by Crippen LogP contribution is 2.11. The van der Waals surface area contributed by atoms with E-state index in [1.165, 1.54) is 26.0 Å². The molecule has 2 atom stereocenters. The quantitative estimate of drug-likeness (QED) is 0.804. The standard InChI is InChI=1S/C11H13N3O4S/c1-7(11(15)16)8(2)14-19(17,18)10-4-3-9(5-12)13-6-10/h3-4,6-8,14H,1-2H3,(H,15,16). The van der Waals surface area contributed by atoms with Gasteiger partial charge in [-0.1, -0.05) is 6.92 Å². The first-order chi connectivity index (χ1) is 8.77. The van der Waals surface area contributed by atoms with Gasteiger partial charge in [-0.05, 0) is 19.1 Å². The number of sulfonamides is 1. The van der Waals surface area contributed by atoms with Crippen molar-refractivity contribution in [3.8, 4) is 6.07 Å². The van der Waals surface area contributed by atoms with E-state index >= 15 is 0 Å². The van der Waals surface area contributed by atoms with Crippen LogP contribution in [0.25, 0.3) is 0 Å². The normalized spacial score (nSPS) is 14.4. The Bertz CT molecular complexity index is 604. The van der Waals surface area contributed by atoms with Gasteiger partial charge in [-0.15, -0.1) is 0 Å². The Balaban J connectivity index is 2.92. The third-order valence-corrected chi connectivity index (χ3v) is 4.19. The Morgan fingerprint density at radius 1 is 1.47 bits per heavy atom. The molecule has 1 rings (SSSR count). The van der Waals surface area contributed by atoms with Crippen LogP contribution in [0.5, 0.6) is 0 Å². The molecular weight excluding hydrogens is 270 g/mol. The number of carboxylic acids is 1. The number of pyridine rings is 1. The molecule has 0 aliphatic carbocycles. The van der Waals surface area contributed by atoms with Crippen molar-refractivity contribution in [1.29, 1.82) is 5.26 Å². The first-order valence-electron chi connectivity index (χ1n) is 5.39. The molecule has 0 aliphatic rings. The van der Waals surface area contributed by atoms with Crippen LogP contribution >= 0.6 is 0 Å². The summed E-state index contributed by atoms with van der Waals surface area (Å²) in [7, 11) is -3.85. The lowest BCUT2D eigenvalue weighted by atomic mass is 10.1. The number of hydrogen-bond acceptors (Lipinski definition) is 5. The van der Waals surface area contributed by atoms with Gasteiger partial charge in [0.25, 0.3) is 0 Å². The first-order valence-corrected chi connectivity index (χ1v) is 6.87. The minimum atomic E-state index is -3.85. The fourth-order valence-electron chi connectivity index (χ4n) is 1.23. The second-order valence-corrected chi connectivity index (χ2v) is 5.74. The van der Waals surface area contributed by atoms with Crippen LogP contribution in [-0.2, 0) is 14.8 Å². The minimum Gasteiger partial charge on any atom is -0.481 e. The van der Waals surface area contributed by atoms with Crippen molar-refractivity contribution < 1.29 is 18.3 Å². The van der Waals surface area contributed by atoms with Crippen LogP contribution in [0.2, 0.25) is 0 Å². The highest BCUT2D eigenvalue weighted by atomic mass is 32.2. The summed E-state index contributed by atoms with van der Waals surface area (Å²) in [5, 5.41) is 17.4. The molecule has 0 aliphatic heterocycles. The van der Waals surface area contributed by atoms with Crippen molar-refractivity contribution in [3.63, 3.8) is 0 Å². The van der Waals surface area contributed by atoms with Gasteiger partial charge in [-0.25, -0.2) is 18.1 Å². The smallest absolute Gasteiger partial charge is 0.307 e. The summed E-state index contributed by atoms with van der Waals surface area (Å²) in [6, 6.07) is 3.53. The molecule has 0 saturated carbocycles. The largest absolute Gasteiger partial charge is 0.481 e. The highest BCUT2D eigenvalue weighted by molar-refractivity contribution is 7.89. The Labute approximate surface area is 110 Å². The number of aliphatic carboxylic acids is 1. The second kappa shape index (κ2) is 5.77. The Kier molecular flexibility index (Phi) is 4.58. The van der Waals surface area contributed by atoms with Crippen LogP contribution in [0.1, 0.15) is 19.5 Å². The van der Waals surface area contributed by atoms with E-state index in [1.54, 1.807) is 6.07 Å². The molecule has 0 bridgehead atoms. The zero-order valence-corrected chi connectivity index (χ0v) is 11.2. The Morgan fingerprint density at radius 3 is 2.53 bits per heavy atom. The van der Waals surface area contributed by atoms with Crippen LogP contribution in [-0.4, -0.2) is 30.5 Å². The first kappa shape index (κ1) is 15.1. The number of carbonyl (C=O) groups is 1. The van der Waals surface area contributed by atoms with Crippen LogP contribution < -0.4 is 4.72 Å². The van der Waals surface area contributed by atoms with E-state index in [4.69, 9.17) is 10.4 Å². The highest BCUT2D eigenvalue weighted by Gasteiger charge is 2.25. The predicted octanol–water partition coefficient (Wildman–Crippen LogP) is 0.341. The topological polar surface area (TPSA) is 120 Å². The van der Waals surface area contributed by atoms with E-state index < -0.39 is 28.0 Å². The van der Waals surface area contributed by atoms with Crippen LogP contribution in [0.4, 0.5) is 0 Å². The van der Waals surface area contributed by atoms with E-state index in [-0.39, 0.29) is 10.6 Å². The zero-order chi connectivity index (χ0) is 14.6. The van der Waals surface area contributed by atoms with Gasteiger partial charge in [0.1, 0.15) is 16.7 Å². The van der Waals surface area contributed by atoms with Crippen molar-refractivity contribution in [2.75, 3.05) is 0 Å². The molecule has 0 saturated heterocycles. The lowest BCUT2D eigenvalue weighted by molar-refractivity contribution is -0.141. The van der Waals surface area contributed by atoms with Gasteiger partial charge in [0.05, 0.1) is 5.92 Å². The fraction of sp³-hybridized carbons (Fsp3) is 0.364. The van der Waals surface area contributed by atoms with Gasteiger partial charge >= 0.3 is 5.97 Å². The van der Waals surface area contributed by atoms with Crippen molar-refractivity contribution in [2.45, 2.75) is 24.8 Å². The number of rotatable bonds is 5. The summed E-state index contributed by atoms with van der Waals surface area (Å²) < 4.78 is 26.1. The van der Waals surface area contributed by atoms with E-state index in [1.807, 2.05) is 0 Å². The number of nitrogens with one attached hydrogen (secondary N) is 1. The molecule has 0 aromatic carbocycles. The third-order valence-electron chi connectivity index (χ3n) is 2.64. The summed E-state index contributed by atoms with van der Waals surface area (Å²) in [6.07, 6.45) is 1.05. The number of carboxylic acid groups (broad SMARTS) is 1. The molecule has 7 nitrogen and oxygen atoms in total. The number of aromatic nitrogens is 1. The Hall–Kier alpha value is -1.98. The molecule has 102 valence electrons. The maximum absolute atomic E-state index is 11.9. The van der Waals surface area contributed by atoms with E-state index in [2.05, 4.69) is 9.71 Å². The van der Waals surface area contributed by atoms with Crippen molar-refractivity contribution in [3.05, 3.63) is 24.0 Å². The Morgan fingerprint density at radius 2 is 2.11 bits per heavy atom. The zero-order valence-electron chi connectivity index (χ0n) is 10.4. The second-order valence-electron chi connectivity index (χ2n) is 4.03. The summed E-state index contributed by atoms with van der Waals surface area (Å²) in [4.78, 5) is 14.3. The summed E-state index contributed by atoms with van der Waals surface area (Å²) in [6.45, 7) is 2.87. The molecular formula is C11H13N3O4S. The molecule has 0 radical (unpaired) electrons. The van der Waals surface area contributed by atoms with Crippen molar-refractivity contribution in [1.82, 2.24) is 9.71 Å². The van der Waals surface area contributed by atoms with Gasteiger partial charge < -0.3 is 5.11 Å². The molecule has 0 fully saturated rings. The van der Waals surface area contributed by atoms with Crippen LogP contribution in [0.15, 0.2) is 23.2 Å². The lowest BCUT2D eigenvalue weighted by Gasteiger charge is -2.17. The maximum atomic E-state index is 11.9. The van der Waals surface area contributed by atoms with Crippen molar-refractivity contribution in [2.24, 2.45) is 5.92 Å². The van der Waals surface area contributed by atoms with Gasteiger partial charge in [0.2, 0.25) is 10.0 Å². The average molecular weight is 283 g/mol. The molecule has 0 amide bonds. The average Bonchev–Trinajstić information content (AvgIpc) is 2.37. The number of hydrogen-bond donors (Lipinski definition) is 2. The van der Waals surface area contributed by atoms with Crippen molar-refractivity contribution >= 4 is 16.0 Å². The summed E-state index contributed by atoms with van der Waals surface area (Å²) >= 11 is 0. The van der Waals surface area contributed by atoms with Gasteiger partial charge in [0, 0.05) is 12.2 Å². The summed E-state index contributed by atoms with van der Waals surface area (Å²) in [5.74, 6) is -1.95. The van der Waals surface area contributed by atoms with Crippen LogP contribution in [0.3, 0.4) is 0 Å². The molecule has 19 heavy (non-hydrogen) atoms. The molecule has 1 heterocycles. The molecule has 1 aromatic heterocycles. The number of nitriles is 1. The van der Waals surface area contributed by atoms with Gasteiger partial charge in [0.15, 0.2) is 0 Å². The molecule has 2 unspecified atom stereocenters. The molecule has 8 heteroatoms. The third kappa shape index (κ3) is 3.74. The van der Waals surface area contributed by atoms with Gasteiger partial charge in [-0.2, -0.15) is 5.26 Å². The van der Waals surface area contributed by atoms with Gasteiger partial charge in [-0.3, -0.25) is 4.79 Å². The molecule has 1 aromatic rings. The van der Waals surface area contributed by atoms with E-state index in [0.29, 0.717) is 0 Å². The maximum Gasteiger partial charge on any atom is 0.307 e. The monoisotopic (exact) mass is 283 g/mol. The SMILES string of the molecule is CC(NS(=O)(=O)c1ccc(C#N)nc1)C(C)C(=O)O.